The van der Waals surface area contributed by atoms with Crippen LogP contribution in [0.3, 0.4) is 0 Å². The van der Waals surface area contributed by atoms with Gasteiger partial charge in [-0.1, -0.05) is 27.7 Å². The van der Waals surface area contributed by atoms with Gasteiger partial charge < -0.3 is 15.5 Å². The van der Waals surface area contributed by atoms with Crippen LogP contribution in [0.2, 0.25) is 0 Å². The van der Waals surface area contributed by atoms with Crippen LogP contribution >= 0.6 is 0 Å². The Labute approximate surface area is 286 Å². The van der Waals surface area contributed by atoms with Crippen LogP contribution in [0.4, 0.5) is 0 Å². The van der Waals surface area contributed by atoms with Crippen molar-refractivity contribution < 1.29 is 15.0 Å². The first-order valence-corrected chi connectivity index (χ1v) is 20.7. The van der Waals surface area contributed by atoms with E-state index in [0.29, 0.717) is 28.4 Å². The van der Waals surface area contributed by atoms with Gasteiger partial charge in [0, 0.05) is 23.9 Å². The molecule has 4 heteroatoms. The Balaban J connectivity index is 0.923. The SMILES string of the molecule is CC12CCC3(CC(=O)CC4(CCC5(C)C6CCC7(C)C(CC[C@]7(C)O)C6CC[C@H]5C4)N3)C[C@@H]1CCC1C2CCC2(C)C1CC[C@]2(C)O. The summed E-state index contributed by atoms with van der Waals surface area (Å²) in [5.74, 6) is 6.54. The second kappa shape index (κ2) is 9.90. The molecule has 9 fully saturated rings. The van der Waals surface area contributed by atoms with Gasteiger partial charge in [-0.3, -0.25) is 4.79 Å². The molecule has 264 valence electrons. The van der Waals surface area contributed by atoms with Crippen molar-refractivity contribution in [3.05, 3.63) is 0 Å². The summed E-state index contributed by atoms with van der Waals surface area (Å²) >= 11 is 0. The third-order valence-corrected chi connectivity index (χ3v) is 20.4. The molecule has 3 N–H and O–H groups in total. The predicted octanol–water partition coefficient (Wildman–Crippen LogP) is 9.00. The largest absolute Gasteiger partial charge is 0.390 e. The van der Waals surface area contributed by atoms with Crippen LogP contribution in [0.25, 0.3) is 0 Å². The van der Waals surface area contributed by atoms with E-state index in [1.54, 1.807) is 0 Å². The van der Waals surface area contributed by atoms with E-state index in [2.05, 4.69) is 46.9 Å². The van der Waals surface area contributed by atoms with E-state index in [1.165, 1.54) is 103 Å². The highest BCUT2D eigenvalue weighted by atomic mass is 16.3. The zero-order chi connectivity index (χ0) is 33.0. The first-order valence-electron chi connectivity index (χ1n) is 20.7. The zero-order valence-corrected chi connectivity index (χ0v) is 31.1. The van der Waals surface area contributed by atoms with E-state index in [4.69, 9.17) is 0 Å². The van der Waals surface area contributed by atoms with E-state index in [-0.39, 0.29) is 21.9 Å². The van der Waals surface area contributed by atoms with Gasteiger partial charge in [-0.25, -0.2) is 0 Å². The fourth-order valence-corrected chi connectivity index (χ4v) is 17.2. The number of hydrogen-bond donors (Lipinski definition) is 3. The summed E-state index contributed by atoms with van der Waals surface area (Å²) in [7, 11) is 0. The maximum absolute atomic E-state index is 13.9. The Hall–Kier alpha value is -0.450. The Bertz CT molecular complexity index is 1230. The molecule has 0 bridgehead atoms. The third kappa shape index (κ3) is 4.19. The Morgan fingerprint density at radius 2 is 0.915 bits per heavy atom. The third-order valence-electron chi connectivity index (χ3n) is 20.4. The number of carbonyl (C=O) groups is 1. The first kappa shape index (κ1) is 32.5. The Kier molecular flexibility index (Phi) is 6.84. The normalized spacial score (nSPS) is 63.1. The molecule has 47 heavy (non-hydrogen) atoms. The topological polar surface area (TPSA) is 69.6 Å². The number of hydrogen-bond acceptors (Lipinski definition) is 4. The lowest BCUT2D eigenvalue weighted by Gasteiger charge is -2.66. The maximum Gasteiger partial charge on any atom is 0.136 e. The number of nitrogens with one attached hydrogen (secondary N) is 1. The molecule has 1 saturated heterocycles. The minimum absolute atomic E-state index is 0.0135. The van der Waals surface area contributed by atoms with Gasteiger partial charge in [-0.15, -0.1) is 0 Å². The molecular weight excluding hydrogens is 578 g/mol. The van der Waals surface area contributed by atoms with Gasteiger partial charge in [0.15, 0.2) is 0 Å². The summed E-state index contributed by atoms with van der Waals surface area (Å²) in [6.45, 7) is 14.5. The predicted molar refractivity (Wildman–Crippen MR) is 188 cm³/mol. The molecule has 16 atom stereocenters. The van der Waals surface area contributed by atoms with Crippen LogP contribution in [0.1, 0.15) is 170 Å². The van der Waals surface area contributed by atoms with Crippen LogP contribution in [-0.4, -0.2) is 38.3 Å². The Morgan fingerprint density at radius 1 is 0.511 bits per heavy atom. The lowest BCUT2D eigenvalue weighted by molar-refractivity contribution is -0.166. The molecule has 2 spiro atoms. The molecule has 8 saturated carbocycles. The molecule has 0 radical (unpaired) electrons. The summed E-state index contributed by atoms with van der Waals surface area (Å²) in [4.78, 5) is 13.9. The highest BCUT2D eigenvalue weighted by molar-refractivity contribution is 5.82. The van der Waals surface area contributed by atoms with E-state index in [9.17, 15) is 15.0 Å². The van der Waals surface area contributed by atoms with Crippen LogP contribution < -0.4 is 5.32 Å². The van der Waals surface area contributed by atoms with Gasteiger partial charge in [0.2, 0.25) is 0 Å². The molecule has 9 rings (SSSR count). The van der Waals surface area contributed by atoms with Crippen molar-refractivity contribution in [3.63, 3.8) is 0 Å². The minimum atomic E-state index is -0.498. The van der Waals surface area contributed by atoms with Crippen molar-refractivity contribution in [1.82, 2.24) is 5.32 Å². The second-order valence-electron chi connectivity index (χ2n) is 21.8. The fraction of sp³-hybridized carbons (Fsp3) is 0.977. The summed E-state index contributed by atoms with van der Waals surface area (Å²) in [5, 5.41) is 27.3. The average molecular weight is 648 g/mol. The number of fused-ring (bicyclic) bond motifs is 10. The van der Waals surface area contributed by atoms with Gasteiger partial charge in [0.05, 0.1) is 11.2 Å². The summed E-state index contributed by atoms with van der Waals surface area (Å²) in [6, 6.07) is 0. The molecule has 0 aromatic heterocycles. The van der Waals surface area contributed by atoms with Crippen molar-refractivity contribution in [3.8, 4) is 0 Å². The van der Waals surface area contributed by atoms with Gasteiger partial charge in [-0.2, -0.15) is 0 Å². The van der Waals surface area contributed by atoms with Crippen LogP contribution in [0.5, 0.6) is 0 Å². The lowest BCUT2D eigenvalue weighted by Crippen LogP contribution is -2.70. The standard InChI is InChI=1S/C43H69NO3/c1-36-19-21-42(23-27(36)7-9-30-32(36)11-15-38(3)34(30)13-17-40(38,5)46)25-29(45)26-43(44-42)22-20-37(2)28(24-43)8-10-31-33(37)12-16-39(4)35(31)14-18-41(39,6)47/h27-28,30-35,44,46-47H,7-26H2,1-6H3/t27-,28-,30?,31?,32?,33?,34?,35?,36?,37?,38?,39?,40-,41-,42?,43?/m0/s1. The highest BCUT2D eigenvalue weighted by Crippen LogP contribution is 2.71. The average Bonchev–Trinajstić information content (AvgIpc) is 3.40. The number of aliphatic hydroxyl groups is 2. The number of carbonyl (C=O) groups excluding carboxylic acids is 1. The molecule has 0 amide bonds. The van der Waals surface area contributed by atoms with Crippen molar-refractivity contribution in [2.24, 2.45) is 69.0 Å². The first-order chi connectivity index (χ1) is 22.0. The fourth-order valence-electron chi connectivity index (χ4n) is 17.2. The van der Waals surface area contributed by atoms with Crippen LogP contribution in [-0.2, 0) is 4.79 Å². The Morgan fingerprint density at radius 3 is 1.34 bits per heavy atom. The monoisotopic (exact) mass is 648 g/mol. The van der Waals surface area contributed by atoms with E-state index < -0.39 is 11.2 Å². The summed E-state index contributed by atoms with van der Waals surface area (Å²) in [5.41, 5.74) is 0.00814. The smallest absolute Gasteiger partial charge is 0.136 e. The quantitative estimate of drug-likeness (QED) is 0.245. The molecule has 4 nitrogen and oxygen atoms in total. The molecule has 12 unspecified atom stereocenters. The van der Waals surface area contributed by atoms with Crippen molar-refractivity contribution in [1.29, 1.82) is 0 Å². The van der Waals surface area contributed by atoms with Crippen molar-refractivity contribution in [2.75, 3.05) is 0 Å². The highest BCUT2D eigenvalue weighted by Gasteiger charge is 2.67. The summed E-state index contributed by atoms with van der Waals surface area (Å²) < 4.78 is 0. The molecular formula is C43H69NO3. The van der Waals surface area contributed by atoms with E-state index in [1.807, 2.05) is 0 Å². The van der Waals surface area contributed by atoms with Gasteiger partial charge >= 0.3 is 0 Å². The van der Waals surface area contributed by atoms with E-state index in [0.717, 1.165) is 61.2 Å². The number of Topliss-reactive ketones (excluding diaryl/α,β-unsaturated/α-hetero) is 1. The maximum atomic E-state index is 13.9. The van der Waals surface area contributed by atoms with Crippen LogP contribution in [0.15, 0.2) is 0 Å². The minimum Gasteiger partial charge on any atom is -0.390 e. The molecule has 1 aliphatic heterocycles. The van der Waals surface area contributed by atoms with E-state index >= 15 is 0 Å². The van der Waals surface area contributed by atoms with Gasteiger partial charge in [0.1, 0.15) is 5.78 Å². The van der Waals surface area contributed by atoms with Crippen LogP contribution in [0, 0.1) is 69.0 Å². The van der Waals surface area contributed by atoms with Crippen molar-refractivity contribution in [2.45, 2.75) is 192 Å². The number of piperidine rings is 1. The molecule has 0 aromatic carbocycles. The lowest BCUT2D eigenvalue weighted by atomic mass is 9.42. The van der Waals surface area contributed by atoms with Gasteiger partial charge in [-0.05, 0) is 198 Å². The molecule has 1 heterocycles. The molecule has 8 aliphatic carbocycles. The molecule has 0 aromatic rings. The summed E-state index contributed by atoms with van der Waals surface area (Å²) in [6.07, 6.45) is 23.6. The second-order valence-corrected chi connectivity index (χ2v) is 21.8. The number of rotatable bonds is 0. The zero-order valence-electron chi connectivity index (χ0n) is 31.1. The number of ketones is 1. The molecule has 9 aliphatic rings. The van der Waals surface area contributed by atoms with Gasteiger partial charge in [0.25, 0.3) is 0 Å². The van der Waals surface area contributed by atoms with Crippen molar-refractivity contribution >= 4 is 5.78 Å².